The van der Waals surface area contributed by atoms with E-state index in [2.05, 4.69) is 48.7 Å². The summed E-state index contributed by atoms with van der Waals surface area (Å²) in [5, 5.41) is 3.59. The van der Waals surface area contributed by atoms with Crippen LogP contribution in [0.2, 0.25) is 0 Å². The average molecular weight is 201 g/mol. The fraction of sp³-hybridized carbons (Fsp3) is 0.429. The lowest BCUT2D eigenvalue weighted by atomic mass is 10.0. The number of nitrogens with one attached hydrogen (secondary N) is 1. The minimum Gasteiger partial charge on any atom is -0.306 e. The summed E-state index contributed by atoms with van der Waals surface area (Å²) < 4.78 is 0. The quantitative estimate of drug-likeness (QED) is 0.741. The molecule has 1 aliphatic rings. The van der Waals surface area contributed by atoms with Gasteiger partial charge >= 0.3 is 0 Å². The van der Waals surface area contributed by atoms with Gasteiger partial charge in [0.1, 0.15) is 0 Å². The van der Waals surface area contributed by atoms with Gasteiger partial charge in [-0.3, -0.25) is 0 Å². The molecule has 1 unspecified atom stereocenters. The Morgan fingerprint density at radius 2 is 2.20 bits per heavy atom. The highest BCUT2D eigenvalue weighted by molar-refractivity contribution is 5.25. The Hall–Kier alpha value is -1.08. The standard InChI is InChI=1S/C14H19N/c1-12-7-5-6-8-13(12)11-15-14-9-3-2-4-10-14/h3,5-9,14-15H,2,4,10-11H2,1H3. The smallest absolute Gasteiger partial charge is 0.0253 e. The van der Waals surface area contributed by atoms with Crippen LogP contribution < -0.4 is 5.32 Å². The van der Waals surface area contributed by atoms with E-state index in [4.69, 9.17) is 0 Å². The van der Waals surface area contributed by atoms with E-state index in [9.17, 15) is 0 Å². The van der Waals surface area contributed by atoms with Crippen molar-refractivity contribution >= 4 is 0 Å². The summed E-state index contributed by atoms with van der Waals surface area (Å²) in [4.78, 5) is 0. The summed E-state index contributed by atoms with van der Waals surface area (Å²) in [5.74, 6) is 0. The second-order valence-electron chi connectivity index (χ2n) is 4.27. The van der Waals surface area contributed by atoms with Gasteiger partial charge in [0.05, 0.1) is 0 Å². The maximum absolute atomic E-state index is 3.59. The van der Waals surface area contributed by atoms with Crippen molar-refractivity contribution in [3.05, 3.63) is 47.5 Å². The molecule has 1 aromatic rings. The number of benzene rings is 1. The van der Waals surface area contributed by atoms with Crippen molar-refractivity contribution in [3.8, 4) is 0 Å². The summed E-state index contributed by atoms with van der Waals surface area (Å²) in [6.45, 7) is 3.16. The van der Waals surface area contributed by atoms with E-state index in [1.165, 1.54) is 30.4 Å². The van der Waals surface area contributed by atoms with Gasteiger partial charge in [0.2, 0.25) is 0 Å². The van der Waals surface area contributed by atoms with Gasteiger partial charge < -0.3 is 5.32 Å². The van der Waals surface area contributed by atoms with Crippen LogP contribution in [0.3, 0.4) is 0 Å². The van der Waals surface area contributed by atoms with Crippen molar-refractivity contribution < 1.29 is 0 Å². The molecule has 0 saturated heterocycles. The lowest BCUT2D eigenvalue weighted by molar-refractivity contribution is 0.521. The number of rotatable bonds is 3. The van der Waals surface area contributed by atoms with Crippen molar-refractivity contribution in [2.24, 2.45) is 0 Å². The van der Waals surface area contributed by atoms with Crippen LogP contribution in [0.15, 0.2) is 36.4 Å². The second-order valence-corrected chi connectivity index (χ2v) is 4.27. The molecule has 0 saturated carbocycles. The molecule has 0 aromatic heterocycles. The largest absolute Gasteiger partial charge is 0.306 e. The normalized spacial score (nSPS) is 20.5. The van der Waals surface area contributed by atoms with E-state index in [1.54, 1.807) is 0 Å². The van der Waals surface area contributed by atoms with Crippen LogP contribution in [-0.4, -0.2) is 6.04 Å². The molecule has 2 rings (SSSR count). The first-order valence-corrected chi connectivity index (χ1v) is 5.81. The van der Waals surface area contributed by atoms with Crippen LogP contribution in [0.25, 0.3) is 0 Å². The highest BCUT2D eigenvalue weighted by Crippen LogP contribution is 2.12. The Balaban J connectivity index is 1.90. The molecule has 80 valence electrons. The number of aryl methyl sites for hydroxylation is 1. The molecular weight excluding hydrogens is 182 g/mol. The Morgan fingerprint density at radius 1 is 1.33 bits per heavy atom. The Bertz CT molecular complexity index is 341. The summed E-state index contributed by atoms with van der Waals surface area (Å²) in [7, 11) is 0. The fourth-order valence-electron chi connectivity index (χ4n) is 2.03. The molecule has 15 heavy (non-hydrogen) atoms. The summed E-state index contributed by atoms with van der Waals surface area (Å²) in [6.07, 6.45) is 8.45. The number of allylic oxidation sites excluding steroid dienone is 1. The summed E-state index contributed by atoms with van der Waals surface area (Å²) in [5.41, 5.74) is 2.79. The first-order chi connectivity index (χ1) is 7.36. The zero-order valence-electron chi connectivity index (χ0n) is 9.37. The molecule has 0 aliphatic heterocycles. The molecular formula is C14H19N. The van der Waals surface area contributed by atoms with Crippen LogP contribution in [0.5, 0.6) is 0 Å². The molecule has 0 bridgehead atoms. The third-order valence-corrected chi connectivity index (χ3v) is 3.07. The van der Waals surface area contributed by atoms with Crippen LogP contribution in [0, 0.1) is 6.92 Å². The van der Waals surface area contributed by atoms with Gasteiger partial charge in [-0.25, -0.2) is 0 Å². The Morgan fingerprint density at radius 3 is 2.93 bits per heavy atom. The maximum atomic E-state index is 3.59. The van der Waals surface area contributed by atoms with E-state index >= 15 is 0 Å². The molecule has 1 atom stereocenters. The van der Waals surface area contributed by atoms with Crippen LogP contribution >= 0.6 is 0 Å². The van der Waals surface area contributed by atoms with Crippen molar-refractivity contribution in [1.82, 2.24) is 5.32 Å². The Kier molecular flexibility index (Phi) is 3.57. The number of hydrogen-bond donors (Lipinski definition) is 1. The first kappa shape index (κ1) is 10.4. The van der Waals surface area contributed by atoms with E-state index < -0.39 is 0 Å². The van der Waals surface area contributed by atoms with Gasteiger partial charge in [0.15, 0.2) is 0 Å². The zero-order valence-corrected chi connectivity index (χ0v) is 9.37. The van der Waals surface area contributed by atoms with Crippen molar-refractivity contribution in [2.45, 2.75) is 38.8 Å². The lowest BCUT2D eigenvalue weighted by Gasteiger charge is -2.18. The minimum absolute atomic E-state index is 0.582. The molecule has 0 radical (unpaired) electrons. The zero-order chi connectivity index (χ0) is 10.5. The molecule has 1 N–H and O–H groups in total. The fourth-order valence-corrected chi connectivity index (χ4v) is 2.03. The molecule has 1 aliphatic carbocycles. The third-order valence-electron chi connectivity index (χ3n) is 3.07. The van der Waals surface area contributed by atoms with Crippen molar-refractivity contribution in [2.75, 3.05) is 0 Å². The van der Waals surface area contributed by atoms with Crippen LogP contribution in [0.4, 0.5) is 0 Å². The van der Waals surface area contributed by atoms with Gasteiger partial charge in [-0.2, -0.15) is 0 Å². The Labute approximate surface area is 92.2 Å². The van der Waals surface area contributed by atoms with Crippen LogP contribution in [0.1, 0.15) is 30.4 Å². The highest BCUT2D eigenvalue weighted by Gasteiger charge is 2.07. The molecule has 1 aromatic carbocycles. The van der Waals surface area contributed by atoms with Gasteiger partial charge in [-0.05, 0) is 37.3 Å². The van der Waals surface area contributed by atoms with Crippen molar-refractivity contribution in [3.63, 3.8) is 0 Å². The molecule has 1 nitrogen and oxygen atoms in total. The molecule has 1 heteroatoms. The van der Waals surface area contributed by atoms with Crippen LogP contribution in [-0.2, 0) is 6.54 Å². The highest BCUT2D eigenvalue weighted by atomic mass is 14.9. The minimum atomic E-state index is 0.582. The van der Waals surface area contributed by atoms with Gasteiger partial charge in [-0.15, -0.1) is 0 Å². The molecule has 0 fully saturated rings. The van der Waals surface area contributed by atoms with E-state index in [1.807, 2.05) is 0 Å². The first-order valence-electron chi connectivity index (χ1n) is 5.81. The third kappa shape index (κ3) is 2.93. The molecule has 0 spiro atoms. The number of hydrogen-bond acceptors (Lipinski definition) is 1. The molecule has 0 heterocycles. The summed E-state index contributed by atoms with van der Waals surface area (Å²) in [6, 6.07) is 9.17. The average Bonchev–Trinajstić information content (AvgIpc) is 2.29. The molecule has 0 amide bonds. The predicted octanol–water partition coefficient (Wildman–Crippen LogP) is 3.19. The monoisotopic (exact) mass is 201 g/mol. The topological polar surface area (TPSA) is 12.0 Å². The van der Waals surface area contributed by atoms with Gasteiger partial charge in [-0.1, -0.05) is 36.4 Å². The van der Waals surface area contributed by atoms with E-state index in [0.29, 0.717) is 6.04 Å². The van der Waals surface area contributed by atoms with Gasteiger partial charge in [0, 0.05) is 12.6 Å². The van der Waals surface area contributed by atoms with E-state index in [0.717, 1.165) is 6.54 Å². The SMILES string of the molecule is Cc1ccccc1CNC1C=CCCC1. The predicted molar refractivity (Wildman–Crippen MR) is 64.8 cm³/mol. The van der Waals surface area contributed by atoms with Crippen molar-refractivity contribution in [1.29, 1.82) is 0 Å². The second kappa shape index (κ2) is 5.13. The van der Waals surface area contributed by atoms with Gasteiger partial charge in [0.25, 0.3) is 0 Å². The summed E-state index contributed by atoms with van der Waals surface area (Å²) >= 11 is 0. The maximum Gasteiger partial charge on any atom is 0.0253 e. The van der Waals surface area contributed by atoms with E-state index in [-0.39, 0.29) is 0 Å². The lowest BCUT2D eigenvalue weighted by Crippen LogP contribution is -2.28.